The van der Waals surface area contributed by atoms with Crippen LogP contribution < -0.4 is 10.6 Å². The molecule has 0 aliphatic carbocycles. The van der Waals surface area contributed by atoms with Crippen molar-refractivity contribution in [3.63, 3.8) is 0 Å². The number of ether oxygens (including phenoxy) is 2. The van der Waals surface area contributed by atoms with E-state index in [1.54, 1.807) is 39.3 Å². The summed E-state index contributed by atoms with van der Waals surface area (Å²) in [4.78, 5) is 50.5. The van der Waals surface area contributed by atoms with Gasteiger partial charge in [-0.05, 0) is 51.5 Å². The van der Waals surface area contributed by atoms with Gasteiger partial charge in [0.15, 0.2) is 11.0 Å². The van der Waals surface area contributed by atoms with Crippen molar-refractivity contribution >= 4 is 51.9 Å². The number of carbonyl (C=O) groups excluding carboxylic acids is 4. The van der Waals surface area contributed by atoms with Gasteiger partial charge in [-0.25, -0.2) is 14.0 Å². The fraction of sp³-hybridized carbons (Fsp3) is 0.360. The van der Waals surface area contributed by atoms with Crippen molar-refractivity contribution in [2.24, 2.45) is 7.05 Å². The van der Waals surface area contributed by atoms with E-state index in [2.05, 4.69) is 20.8 Å². The van der Waals surface area contributed by atoms with E-state index in [4.69, 9.17) is 9.47 Å². The highest BCUT2D eigenvalue weighted by atomic mass is 32.2. The lowest BCUT2D eigenvalue weighted by atomic mass is 10.1. The van der Waals surface area contributed by atoms with E-state index in [1.165, 1.54) is 18.2 Å². The number of thioether (sulfide) groups is 1. The lowest BCUT2D eigenvalue weighted by molar-refractivity contribution is -0.115. The van der Waals surface area contributed by atoms with E-state index in [0.717, 1.165) is 29.2 Å². The van der Waals surface area contributed by atoms with Gasteiger partial charge in [0.25, 0.3) is 5.91 Å². The number of rotatable bonds is 11. The summed E-state index contributed by atoms with van der Waals surface area (Å²) in [5.41, 5.74) is 0.644. The van der Waals surface area contributed by atoms with Crippen LogP contribution in [0, 0.1) is 12.7 Å². The van der Waals surface area contributed by atoms with Gasteiger partial charge in [-0.1, -0.05) is 17.8 Å². The fourth-order valence-electron chi connectivity index (χ4n) is 3.36. The molecule has 11 nitrogen and oxygen atoms in total. The average Bonchev–Trinajstić information content (AvgIpc) is 3.41. The summed E-state index contributed by atoms with van der Waals surface area (Å²) >= 11 is 2.06. The Morgan fingerprint density at radius 3 is 2.49 bits per heavy atom. The standard InChI is InChI=1S/C25H28FN5O6S2/c1-6-36-23(34)18-13(3)19(24(35)37-7-2)39-22(18)28-20(32)14(4)38-25-30-29-17(31(25)5)12-27-21(33)15-9-8-10-16(26)11-15/h8-11,14H,6-7,12H2,1-5H3,(H,27,33)(H,28,32). The molecule has 2 aromatic heterocycles. The van der Waals surface area contributed by atoms with Gasteiger partial charge in [-0.2, -0.15) is 0 Å². The number of hydrogen-bond donors (Lipinski definition) is 2. The number of carbonyl (C=O) groups is 4. The first-order chi connectivity index (χ1) is 18.6. The van der Waals surface area contributed by atoms with Gasteiger partial charge < -0.3 is 24.7 Å². The Labute approximate surface area is 232 Å². The summed E-state index contributed by atoms with van der Waals surface area (Å²) in [5, 5.41) is 13.5. The third-order valence-corrected chi connectivity index (χ3v) is 7.72. The van der Waals surface area contributed by atoms with Gasteiger partial charge in [0, 0.05) is 12.6 Å². The number of nitrogens with one attached hydrogen (secondary N) is 2. The van der Waals surface area contributed by atoms with Crippen LogP contribution in [0.5, 0.6) is 0 Å². The Hall–Kier alpha value is -3.78. The monoisotopic (exact) mass is 577 g/mol. The maximum absolute atomic E-state index is 13.4. The number of nitrogens with zero attached hydrogens (tertiary/aromatic N) is 3. The van der Waals surface area contributed by atoms with Crippen molar-refractivity contribution in [2.75, 3.05) is 18.5 Å². The Bertz CT molecular complexity index is 1390. The molecule has 0 bridgehead atoms. The Kier molecular flexibility index (Phi) is 10.2. The number of thiophene rings is 1. The SMILES string of the molecule is CCOC(=O)c1sc(NC(=O)C(C)Sc2nnc(CNC(=O)c3cccc(F)c3)n2C)c(C(=O)OCC)c1C. The number of hydrogen-bond acceptors (Lipinski definition) is 10. The molecule has 2 amide bonds. The normalized spacial score (nSPS) is 11.5. The quantitative estimate of drug-likeness (QED) is 0.258. The Morgan fingerprint density at radius 2 is 1.82 bits per heavy atom. The molecule has 1 unspecified atom stereocenters. The van der Waals surface area contributed by atoms with Crippen LogP contribution in [-0.2, 0) is 27.9 Å². The van der Waals surface area contributed by atoms with Crippen molar-refractivity contribution in [1.29, 1.82) is 0 Å². The molecule has 0 aliphatic rings. The zero-order valence-corrected chi connectivity index (χ0v) is 23.6. The molecule has 0 fully saturated rings. The van der Waals surface area contributed by atoms with E-state index < -0.39 is 34.8 Å². The molecule has 0 saturated carbocycles. The van der Waals surface area contributed by atoms with Gasteiger partial charge in [0.05, 0.1) is 30.6 Å². The van der Waals surface area contributed by atoms with Crippen LogP contribution in [0.15, 0.2) is 29.4 Å². The van der Waals surface area contributed by atoms with Gasteiger partial charge >= 0.3 is 11.9 Å². The minimum absolute atomic E-state index is 0.0357. The second-order valence-electron chi connectivity index (χ2n) is 8.10. The van der Waals surface area contributed by atoms with E-state index in [0.29, 0.717) is 16.5 Å². The molecular weight excluding hydrogens is 549 g/mol. The van der Waals surface area contributed by atoms with Crippen molar-refractivity contribution < 1.29 is 33.0 Å². The Morgan fingerprint density at radius 1 is 1.13 bits per heavy atom. The van der Waals surface area contributed by atoms with Crippen molar-refractivity contribution in [1.82, 2.24) is 20.1 Å². The van der Waals surface area contributed by atoms with E-state index in [1.807, 2.05) is 0 Å². The van der Waals surface area contributed by atoms with Crippen LogP contribution in [-0.4, -0.2) is 57.0 Å². The first-order valence-electron chi connectivity index (χ1n) is 11.9. The highest BCUT2D eigenvalue weighted by Gasteiger charge is 2.29. The van der Waals surface area contributed by atoms with Gasteiger partial charge in [0.2, 0.25) is 5.91 Å². The molecule has 1 aromatic carbocycles. The largest absolute Gasteiger partial charge is 0.462 e. The third-order valence-electron chi connectivity index (χ3n) is 5.39. The number of aromatic nitrogens is 3. The fourth-order valence-corrected chi connectivity index (χ4v) is 5.29. The summed E-state index contributed by atoms with van der Waals surface area (Å²) in [6.07, 6.45) is 0. The highest BCUT2D eigenvalue weighted by Crippen LogP contribution is 2.35. The lowest BCUT2D eigenvalue weighted by Gasteiger charge is -2.12. The molecule has 2 heterocycles. The molecule has 1 atom stereocenters. The summed E-state index contributed by atoms with van der Waals surface area (Å²) < 4.78 is 25.2. The molecule has 3 rings (SSSR count). The number of benzene rings is 1. The predicted molar refractivity (Wildman–Crippen MR) is 143 cm³/mol. The first-order valence-corrected chi connectivity index (χ1v) is 13.6. The molecule has 39 heavy (non-hydrogen) atoms. The van der Waals surface area contributed by atoms with E-state index in [-0.39, 0.29) is 40.8 Å². The molecule has 14 heteroatoms. The first kappa shape index (κ1) is 29.8. The molecule has 3 aromatic rings. The van der Waals surface area contributed by atoms with Gasteiger partial charge in [-0.15, -0.1) is 21.5 Å². The second kappa shape index (κ2) is 13.3. The number of halogens is 1. The van der Waals surface area contributed by atoms with Crippen molar-refractivity contribution in [2.45, 2.75) is 44.6 Å². The predicted octanol–water partition coefficient (Wildman–Crippen LogP) is 3.73. The van der Waals surface area contributed by atoms with E-state index >= 15 is 0 Å². The molecule has 2 N–H and O–H groups in total. The van der Waals surface area contributed by atoms with Crippen LogP contribution >= 0.6 is 23.1 Å². The third kappa shape index (κ3) is 7.20. The maximum atomic E-state index is 13.4. The topological polar surface area (TPSA) is 142 Å². The average molecular weight is 578 g/mol. The smallest absolute Gasteiger partial charge is 0.348 e. The lowest BCUT2D eigenvalue weighted by Crippen LogP contribution is -2.25. The zero-order chi connectivity index (χ0) is 28.7. The molecule has 208 valence electrons. The minimum Gasteiger partial charge on any atom is -0.462 e. The molecule has 0 saturated heterocycles. The summed E-state index contributed by atoms with van der Waals surface area (Å²) in [7, 11) is 1.68. The van der Waals surface area contributed by atoms with Crippen LogP contribution in [0.3, 0.4) is 0 Å². The van der Waals surface area contributed by atoms with Crippen LogP contribution in [0.2, 0.25) is 0 Å². The number of amides is 2. The number of esters is 2. The molecule has 0 radical (unpaired) electrons. The van der Waals surface area contributed by atoms with E-state index in [9.17, 15) is 23.6 Å². The van der Waals surface area contributed by atoms with Crippen LogP contribution in [0.25, 0.3) is 0 Å². The second-order valence-corrected chi connectivity index (χ2v) is 10.4. The highest BCUT2D eigenvalue weighted by molar-refractivity contribution is 8.00. The zero-order valence-electron chi connectivity index (χ0n) is 22.0. The van der Waals surface area contributed by atoms with Gasteiger partial charge in [0.1, 0.15) is 15.7 Å². The minimum atomic E-state index is -0.675. The number of anilines is 1. The van der Waals surface area contributed by atoms with Crippen LogP contribution in [0.1, 0.15) is 62.5 Å². The summed E-state index contributed by atoms with van der Waals surface area (Å²) in [5.74, 6) is -2.25. The van der Waals surface area contributed by atoms with Crippen molar-refractivity contribution in [3.8, 4) is 0 Å². The van der Waals surface area contributed by atoms with Crippen molar-refractivity contribution in [3.05, 3.63) is 57.5 Å². The summed E-state index contributed by atoms with van der Waals surface area (Å²) in [6, 6.07) is 5.32. The van der Waals surface area contributed by atoms with Crippen LogP contribution in [0.4, 0.5) is 9.39 Å². The van der Waals surface area contributed by atoms with Gasteiger partial charge in [-0.3, -0.25) is 9.59 Å². The maximum Gasteiger partial charge on any atom is 0.348 e. The molecular formula is C25H28FN5O6S2. The summed E-state index contributed by atoms with van der Waals surface area (Å²) in [6.45, 7) is 6.89. The molecule has 0 aliphatic heterocycles. The molecule has 0 spiro atoms. The Balaban J connectivity index is 1.69.